The van der Waals surface area contributed by atoms with Gasteiger partial charge in [0.1, 0.15) is 0 Å². The molecule has 5 nitrogen and oxygen atoms in total. The molecule has 0 aromatic carbocycles. The Bertz CT molecular complexity index is 75.5. The second kappa shape index (κ2) is 4.77. The molecule has 0 radical (unpaired) electrons. The van der Waals surface area contributed by atoms with Gasteiger partial charge in [-0.15, -0.1) is 0 Å². The average molecular weight is 168 g/mol. The Labute approximate surface area is 61.2 Å². The van der Waals surface area contributed by atoms with Crippen molar-refractivity contribution >= 4 is 9.05 Å². The lowest BCUT2D eigenvalue weighted by Crippen LogP contribution is -2.46. The fraction of sp³-hybridized carbons (Fsp3) is 1.00. The summed E-state index contributed by atoms with van der Waals surface area (Å²) >= 11 is 0. The van der Waals surface area contributed by atoms with Gasteiger partial charge in [0.25, 0.3) is 0 Å². The Morgan fingerprint density at radius 3 is 1.30 bits per heavy atom. The first-order chi connectivity index (χ1) is 4.74. The lowest BCUT2D eigenvalue weighted by molar-refractivity contribution is -0.247. The van der Waals surface area contributed by atoms with E-state index in [1.165, 1.54) is 28.4 Å². The lowest BCUT2D eigenvalue weighted by atomic mass is 11.8. The number of hydrogen-bond donors (Lipinski definition) is 0. The van der Waals surface area contributed by atoms with Crippen LogP contribution in [0.3, 0.4) is 0 Å². The highest BCUT2D eigenvalue weighted by molar-refractivity contribution is 6.53. The molecular formula is C4H12O5Si. The van der Waals surface area contributed by atoms with Gasteiger partial charge >= 0.3 is 9.05 Å². The highest BCUT2D eigenvalue weighted by Gasteiger charge is 2.43. The Kier molecular flexibility index (Phi) is 4.78. The van der Waals surface area contributed by atoms with Gasteiger partial charge in [-0.2, -0.15) is 4.58 Å². The van der Waals surface area contributed by atoms with E-state index in [1.54, 1.807) is 0 Å². The largest absolute Gasteiger partial charge is 0.707 e. The van der Waals surface area contributed by atoms with Gasteiger partial charge in [0.05, 0.1) is 7.11 Å². The predicted octanol–water partition coefficient (Wildman–Crippen LogP) is -0.0608. The first-order valence-electron chi connectivity index (χ1n) is 2.62. The summed E-state index contributed by atoms with van der Waals surface area (Å²) in [6.07, 6.45) is 0. The average Bonchev–Trinajstić information content (AvgIpc) is 2.01. The van der Waals surface area contributed by atoms with Gasteiger partial charge in [0.2, 0.25) is 0 Å². The van der Waals surface area contributed by atoms with Crippen molar-refractivity contribution in [1.29, 1.82) is 0 Å². The monoisotopic (exact) mass is 168 g/mol. The van der Waals surface area contributed by atoms with Crippen LogP contribution in [0, 0.1) is 0 Å². The van der Waals surface area contributed by atoms with Crippen LogP contribution in [0.25, 0.3) is 0 Å². The van der Waals surface area contributed by atoms with Crippen molar-refractivity contribution in [1.82, 2.24) is 0 Å². The van der Waals surface area contributed by atoms with Crippen molar-refractivity contribution in [2.45, 2.75) is 0 Å². The maximum absolute atomic E-state index is 4.82. The van der Waals surface area contributed by atoms with Crippen LogP contribution in [-0.4, -0.2) is 37.5 Å². The standard InChI is InChI=1S/C4H12O5Si/c1-5-9-10(6-2,7-3)8-4/h1-4H3. The summed E-state index contributed by atoms with van der Waals surface area (Å²) in [5, 5.41) is 0. The molecule has 0 unspecified atom stereocenters. The van der Waals surface area contributed by atoms with E-state index in [0.29, 0.717) is 0 Å². The minimum Gasteiger partial charge on any atom is -0.353 e. The van der Waals surface area contributed by atoms with Crippen molar-refractivity contribution in [3.63, 3.8) is 0 Å². The second-order valence-electron chi connectivity index (χ2n) is 1.36. The fourth-order valence-corrected chi connectivity index (χ4v) is 1.36. The van der Waals surface area contributed by atoms with Crippen LogP contribution in [0.4, 0.5) is 0 Å². The summed E-state index contributed by atoms with van der Waals surface area (Å²) in [6, 6.07) is 0. The van der Waals surface area contributed by atoms with E-state index in [9.17, 15) is 0 Å². The van der Waals surface area contributed by atoms with Crippen LogP contribution in [0.5, 0.6) is 0 Å². The molecule has 0 heterocycles. The molecule has 0 fully saturated rings. The molecule has 0 aliphatic rings. The SMILES string of the molecule is COO[Si](OC)(OC)OC. The van der Waals surface area contributed by atoms with E-state index < -0.39 is 9.05 Å². The van der Waals surface area contributed by atoms with Crippen molar-refractivity contribution in [3.05, 3.63) is 0 Å². The summed E-state index contributed by atoms with van der Waals surface area (Å²) < 4.78 is 19.1. The molecule has 0 bridgehead atoms. The lowest BCUT2D eigenvalue weighted by Gasteiger charge is -2.19. The molecular weight excluding hydrogens is 156 g/mol. The molecule has 0 atom stereocenters. The molecule has 0 aliphatic carbocycles. The van der Waals surface area contributed by atoms with Gasteiger partial charge in [-0.3, -0.25) is 0 Å². The Morgan fingerprint density at radius 1 is 0.800 bits per heavy atom. The smallest absolute Gasteiger partial charge is 0.353 e. The van der Waals surface area contributed by atoms with Crippen LogP contribution >= 0.6 is 0 Å². The van der Waals surface area contributed by atoms with Crippen molar-refractivity contribution in [3.8, 4) is 0 Å². The minimum absolute atomic E-state index is 1.36. The van der Waals surface area contributed by atoms with Gasteiger partial charge in [-0.05, 0) is 0 Å². The van der Waals surface area contributed by atoms with Crippen molar-refractivity contribution in [2.75, 3.05) is 28.4 Å². The van der Waals surface area contributed by atoms with Crippen LogP contribution in [0.1, 0.15) is 0 Å². The minimum atomic E-state index is -2.94. The molecule has 0 spiro atoms. The maximum Gasteiger partial charge on any atom is 0.707 e. The zero-order chi connectivity index (χ0) is 8.04. The van der Waals surface area contributed by atoms with Crippen molar-refractivity contribution < 1.29 is 22.7 Å². The summed E-state index contributed by atoms with van der Waals surface area (Å²) in [4.78, 5) is 4.37. The summed E-state index contributed by atoms with van der Waals surface area (Å²) in [7, 11) is 2.71. The summed E-state index contributed by atoms with van der Waals surface area (Å²) in [6.45, 7) is 0. The predicted molar refractivity (Wildman–Crippen MR) is 34.9 cm³/mol. The third-order valence-corrected chi connectivity index (χ3v) is 2.81. The highest BCUT2D eigenvalue weighted by Crippen LogP contribution is 2.06. The molecule has 10 heavy (non-hydrogen) atoms. The van der Waals surface area contributed by atoms with Gasteiger partial charge in [-0.1, -0.05) is 0 Å². The normalized spacial score (nSPS) is 12.0. The van der Waals surface area contributed by atoms with Crippen LogP contribution < -0.4 is 0 Å². The van der Waals surface area contributed by atoms with E-state index in [4.69, 9.17) is 13.3 Å². The van der Waals surface area contributed by atoms with Crippen LogP contribution in [0.15, 0.2) is 0 Å². The zero-order valence-electron chi connectivity index (χ0n) is 6.54. The summed E-state index contributed by atoms with van der Waals surface area (Å²) in [5.41, 5.74) is 0. The van der Waals surface area contributed by atoms with E-state index in [2.05, 4.69) is 9.46 Å². The Morgan fingerprint density at radius 2 is 1.20 bits per heavy atom. The van der Waals surface area contributed by atoms with Crippen LogP contribution in [-0.2, 0) is 22.7 Å². The van der Waals surface area contributed by atoms with E-state index >= 15 is 0 Å². The Hall–Kier alpha value is 0.0169. The number of rotatable bonds is 5. The topological polar surface area (TPSA) is 46.2 Å². The number of hydrogen-bond acceptors (Lipinski definition) is 5. The molecule has 0 saturated carbocycles. The van der Waals surface area contributed by atoms with Gasteiger partial charge in [0.15, 0.2) is 0 Å². The first-order valence-corrected chi connectivity index (χ1v) is 4.25. The molecule has 6 heteroatoms. The van der Waals surface area contributed by atoms with Gasteiger partial charge < -0.3 is 13.3 Å². The van der Waals surface area contributed by atoms with E-state index in [1.807, 2.05) is 0 Å². The van der Waals surface area contributed by atoms with E-state index in [-0.39, 0.29) is 0 Å². The van der Waals surface area contributed by atoms with Crippen molar-refractivity contribution in [2.24, 2.45) is 0 Å². The molecule has 0 saturated heterocycles. The van der Waals surface area contributed by atoms with Gasteiger partial charge in [0, 0.05) is 21.3 Å². The molecule has 0 aliphatic heterocycles. The van der Waals surface area contributed by atoms with Crippen LogP contribution in [0.2, 0.25) is 0 Å². The highest BCUT2D eigenvalue weighted by atomic mass is 28.4. The van der Waals surface area contributed by atoms with Gasteiger partial charge in [-0.25, -0.2) is 4.89 Å². The second-order valence-corrected chi connectivity index (χ2v) is 3.75. The quantitative estimate of drug-likeness (QED) is 0.327. The van der Waals surface area contributed by atoms with E-state index in [0.717, 1.165) is 0 Å². The maximum atomic E-state index is 4.82. The molecule has 0 aromatic heterocycles. The Balaban J connectivity index is 3.87. The third kappa shape index (κ3) is 2.33. The molecule has 62 valence electrons. The molecule has 0 aromatic rings. The third-order valence-electron chi connectivity index (χ3n) is 0.935. The molecule has 0 amide bonds. The molecule has 0 N–H and O–H groups in total. The molecule has 0 rings (SSSR count). The summed E-state index contributed by atoms with van der Waals surface area (Å²) in [5.74, 6) is 0. The zero-order valence-corrected chi connectivity index (χ0v) is 7.54. The first kappa shape index (κ1) is 10.0. The fourth-order valence-electron chi connectivity index (χ4n) is 0.454.